The second kappa shape index (κ2) is 6.82. The molecular formula is C20H21N5O. The van der Waals surface area contributed by atoms with E-state index in [9.17, 15) is 0 Å². The van der Waals surface area contributed by atoms with Crippen molar-refractivity contribution in [2.75, 3.05) is 20.6 Å². The fourth-order valence-corrected chi connectivity index (χ4v) is 3.24. The minimum Gasteiger partial charge on any atom is -0.453 e. The number of hydrogen-bond acceptors (Lipinski definition) is 6. The van der Waals surface area contributed by atoms with Gasteiger partial charge in [0.1, 0.15) is 5.58 Å². The predicted molar refractivity (Wildman–Crippen MR) is 103 cm³/mol. The van der Waals surface area contributed by atoms with Gasteiger partial charge in [-0.2, -0.15) is 0 Å². The summed E-state index contributed by atoms with van der Waals surface area (Å²) in [5.74, 6) is 1.19. The Bertz CT molecular complexity index is 1020. The zero-order chi connectivity index (χ0) is 18.1. The van der Waals surface area contributed by atoms with Crippen LogP contribution in [0.15, 0.2) is 53.1 Å². The summed E-state index contributed by atoms with van der Waals surface area (Å²) in [6.07, 6.45) is 2.54. The van der Waals surface area contributed by atoms with Gasteiger partial charge >= 0.3 is 0 Å². The zero-order valence-corrected chi connectivity index (χ0v) is 14.9. The Kier molecular flexibility index (Phi) is 4.36. The minimum atomic E-state index is 0.0813. The molecule has 4 rings (SSSR count). The van der Waals surface area contributed by atoms with Crippen LogP contribution >= 0.6 is 0 Å². The van der Waals surface area contributed by atoms with Gasteiger partial charge in [0.05, 0.1) is 11.7 Å². The molecule has 26 heavy (non-hydrogen) atoms. The van der Waals surface area contributed by atoms with Crippen LogP contribution in [0.2, 0.25) is 0 Å². The zero-order valence-electron chi connectivity index (χ0n) is 14.9. The van der Waals surface area contributed by atoms with Gasteiger partial charge in [0.2, 0.25) is 0 Å². The molecule has 0 fully saturated rings. The van der Waals surface area contributed by atoms with Crippen LogP contribution in [0.4, 0.5) is 0 Å². The first-order valence-electron chi connectivity index (χ1n) is 8.65. The molecule has 0 aliphatic heterocycles. The lowest BCUT2D eigenvalue weighted by Crippen LogP contribution is -2.24. The van der Waals surface area contributed by atoms with E-state index in [1.807, 2.05) is 56.6 Å². The predicted octanol–water partition coefficient (Wildman–Crippen LogP) is 3.39. The molecule has 4 aromatic rings. The van der Waals surface area contributed by atoms with Crippen molar-refractivity contribution in [2.45, 2.75) is 12.5 Å². The van der Waals surface area contributed by atoms with Crippen LogP contribution in [-0.4, -0.2) is 40.5 Å². The van der Waals surface area contributed by atoms with E-state index in [0.717, 1.165) is 28.5 Å². The Morgan fingerprint density at radius 1 is 1.12 bits per heavy atom. The van der Waals surface area contributed by atoms with Crippen LogP contribution < -0.4 is 5.73 Å². The fraction of sp³-hybridized carbons (Fsp3) is 0.250. The molecule has 0 amide bonds. The number of nitrogens with zero attached hydrogens (tertiary/aromatic N) is 4. The van der Waals surface area contributed by atoms with Crippen molar-refractivity contribution in [3.8, 4) is 11.6 Å². The molecule has 1 atom stereocenters. The van der Waals surface area contributed by atoms with Gasteiger partial charge in [-0.15, -0.1) is 0 Å². The number of fused-ring (bicyclic) bond motifs is 2. The molecule has 132 valence electrons. The quantitative estimate of drug-likeness (QED) is 0.596. The first kappa shape index (κ1) is 16.6. The molecule has 0 aliphatic carbocycles. The largest absolute Gasteiger partial charge is 0.453 e. The molecule has 0 spiro atoms. The van der Waals surface area contributed by atoms with Gasteiger partial charge in [-0.1, -0.05) is 18.2 Å². The van der Waals surface area contributed by atoms with Crippen LogP contribution in [0.3, 0.4) is 0 Å². The van der Waals surface area contributed by atoms with Gasteiger partial charge in [0, 0.05) is 17.0 Å². The maximum Gasteiger partial charge on any atom is 0.198 e. The molecule has 6 nitrogen and oxygen atoms in total. The van der Waals surface area contributed by atoms with Crippen molar-refractivity contribution in [3.63, 3.8) is 0 Å². The molecule has 0 saturated carbocycles. The van der Waals surface area contributed by atoms with E-state index < -0.39 is 0 Å². The SMILES string of the molecule is CN(C)C(CCN)c1nc(-c2cc3ccccc3o2)nc2ncccc12. The second-order valence-electron chi connectivity index (χ2n) is 6.51. The average Bonchev–Trinajstić information content (AvgIpc) is 3.09. The van der Waals surface area contributed by atoms with Gasteiger partial charge in [-0.3, -0.25) is 0 Å². The van der Waals surface area contributed by atoms with E-state index in [1.165, 1.54) is 0 Å². The van der Waals surface area contributed by atoms with Gasteiger partial charge in [-0.25, -0.2) is 15.0 Å². The maximum atomic E-state index is 5.97. The van der Waals surface area contributed by atoms with E-state index >= 15 is 0 Å². The number of para-hydroxylation sites is 1. The summed E-state index contributed by atoms with van der Waals surface area (Å²) in [7, 11) is 4.07. The molecular weight excluding hydrogens is 326 g/mol. The standard InChI is InChI=1S/C20H21N5O/c1-25(2)15(9-10-21)18-14-7-5-11-22-19(14)24-20(23-18)17-12-13-6-3-4-8-16(13)26-17/h3-8,11-12,15H,9-10,21H2,1-2H3. The Hall–Kier alpha value is -2.83. The summed E-state index contributed by atoms with van der Waals surface area (Å²) in [6.45, 7) is 0.578. The molecule has 0 radical (unpaired) electrons. The molecule has 0 saturated heterocycles. The van der Waals surface area contributed by atoms with Crippen molar-refractivity contribution < 1.29 is 4.42 Å². The topological polar surface area (TPSA) is 81.1 Å². The highest BCUT2D eigenvalue weighted by Gasteiger charge is 2.21. The first-order chi connectivity index (χ1) is 12.7. The first-order valence-corrected chi connectivity index (χ1v) is 8.65. The summed E-state index contributed by atoms with van der Waals surface area (Å²) in [4.78, 5) is 16.1. The third kappa shape index (κ3) is 2.94. The number of furan rings is 1. The van der Waals surface area contributed by atoms with E-state index in [-0.39, 0.29) is 6.04 Å². The monoisotopic (exact) mass is 347 g/mol. The van der Waals surface area contributed by atoms with Crippen LogP contribution in [0.25, 0.3) is 33.6 Å². The lowest BCUT2D eigenvalue weighted by Gasteiger charge is -2.24. The Balaban J connectivity index is 1.93. The number of nitrogens with two attached hydrogens (primary N) is 1. The van der Waals surface area contributed by atoms with Crippen LogP contribution in [0.5, 0.6) is 0 Å². The summed E-state index contributed by atoms with van der Waals surface area (Å²) < 4.78 is 5.97. The van der Waals surface area contributed by atoms with Gasteiger partial charge in [0.25, 0.3) is 0 Å². The maximum absolute atomic E-state index is 5.97. The summed E-state index contributed by atoms with van der Waals surface area (Å²) in [6, 6.07) is 13.9. The van der Waals surface area contributed by atoms with E-state index in [1.54, 1.807) is 6.20 Å². The normalized spacial score (nSPS) is 12.9. The molecule has 2 N–H and O–H groups in total. The second-order valence-corrected chi connectivity index (χ2v) is 6.51. The summed E-state index contributed by atoms with van der Waals surface area (Å²) in [5, 5.41) is 1.97. The lowest BCUT2D eigenvalue weighted by atomic mass is 10.1. The van der Waals surface area contributed by atoms with Crippen molar-refractivity contribution in [2.24, 2.45) is 5.73 Å². The highest BCUT2D eigenvalue weighted by Crippen LogP contribution is 2.31. The molecule has 1 unspecified atom stereocenters. The third-order valence-electron chi connectivity index (χ3n) is 4.53. The molecule has 3 aromatic heterocycles. The van der Waals surface area contributed by atoms with Crippen LogP contribution in [0.1, 0.15) is 18.2 Å². The molecule has 6 heteroatoms. The highest BCUT2D eigenvalue weighted by molar-refractivity contribution is 5.83. The smallest absolute Gasteiger partial charge is 0.198 e. The third-order valence-corrected chi connectivity index (χ3v) is 4.53. The highest BCUT2D eigenvalue weighted by atomic mass is 16.3. The molecule has 0 aliphatic rings. The average molecular weight is 347 g/mol. The number of pyridine rings is 1. The number of rotatable bonds is 5. The van der Waals surface area contributed by atoms with Gasteiger partial charge < -0.3 is 15.1 Å². The van der Waals surface area contributed by atoms with Crippen LogP contribution in [0, 0.1) is 0 Å². The summed E-state index contributed by atoms with van der Waals surface area (Å²) in [5.41, 5.74) is 8.25. The summed E-state index contributed by atoms with van der Waals surface area (Å²) >= 11 is 0. The van der Waals surface area contributed by atoms with Crippen molar-refractivity contribution in [1.82, 2.24) is 19.9 Å². The molecule has 0 bridgehead atoms. The molecule has 3 heterocycles. The Morgan fingerprint density at radius 3 is 2.73 bits per heavy atom. The number of aromatic nitrogens is 3. The van der Waals surface area contributed by atoms with E-state index in [4.69, 9.17) is 15.1 Å². The fourth-order valence-electron chi connectivity index (χ4n) is 3.24. The Labute approximate surface area is 151 Å². The van der Waals surface area contributed by atoms with Crippen molar-refractivity contribution in [1.29, 1.82) is 0 Å². The van der Waals surface area contributed by atoms with Crippen LogP contribution in [-0.2, 0) is 0 Å². The Morgan fingerprint density at radius 2 is 1.96 bits per heavy atom. The van der Waals surface area contributed by atoms with Gasteiger partial charge in [0.15, 0.2) is 17.2 Å². The number of hydrogen-bond donors (Lipinski definition) is 1. The van der Waals surface area contributed by atoms with E-state index in [0.29, 0.717) is 23.8 Å². The molecule has 1 aromatic carbocycles. The minimum absolute atomic E-state index is 0.0813. The van der Waals surface area contributed by atoms with Crippen molar-refractivity contribution in [3.05, 3.63) is 54.4 Å². The van der Waals surface area contributed by atoms with E-state index in [2.05, 4.69) is 14.9 Å². The lowest BCUT2D eigenvalue weighted by molar-refractivity contribution is 0.283. The van der Waals surface area contributed by atoms with Gasteiger partial charge in [-0.05, 0) is 51.3 Å². The van der Waals surface area contributed by atoms with Crippen molar-refractivity contribution >= 4 is 22.0 Å². The number of benzene rings is 1.